The smallest absolute Gasteiger partial charge is 0.322 e. The second kappa shape index (κ2) is 12.3. The van der Waals surface area contributed by atoms with Crippen LogP contribution >= 0.6 is 0 Å². The first-order valence-electron chi connectivity index (χ1n) is 12.6. The topological polar surface area (TPSA) is 88.7 Å². The number of hydrazine groups is 1. The number of benzene rings is 3. The van der Waals surface area contributed by atoms with Crippen molar-refractivity contribution in [2.75, 3.05) is 13.6 Å². The van der Waals surface area contributed by atoms with Crippen molar-refractivity contribution >= 4 is 22.8 Å². The monoisotopic (exact) mass is 498 g/mol. The van der Waals surface area contributed by atoms with Crippen LogP contribution in [-0.4, -0.2) is 57.6 Å². The van der Waals surface area contributed by atoms with Crippen molar-refractivity contribution in [2.24, 2.45) is 0 Å². The Hall–Kier alpha value is -3.94. The van der Waals surface area contributed by atoms with Crippen LogP contribution in [0.4, 0.5) is 0 Å². The molecule has 0 saturated carbocycles. The summed E-state index contributed by atoms with van der Waals surface area (Å²) in [5.41, 5.74) is 7.13. The number of aliphatic carboxylic acids is 1. The second-order valence-corrected chi connectivity index (χ2v) is 9.25. The number of nitrogens with one attached hydrogen (secondary N) is 2. The molecule has 192 valence electrons. The lowest BCUT2D eigenvalue weighted by molar-refractivity contribution is -0.145. The summed E-state index contributed by atoms with van der Waals surface area (Å²) in [6, 6.07) is 26.0. The lowest BCUT2D eigenvalue weighted by Crippen LogP contribution is -2.58. The number of carboxylic acid groups (broad SMARTS) is 1. The lowest BCUT2D eigenvalue weighted by Gasteiger charge is -2.35. The predicted octanol–water partition coefficient (Wildman–Crippen LogP) is 4.26. The van der Waals surface area contributed by atoms with Crippen LogP contribution in [-0.2, 0) is 29.0 Å². The van der Waals surface area contributed by atoms with Gasteiger partial charge in [0.15, 0.2) is 0 Å². The van der Waals surface area contributed by atoms with E-state index >= 15 is 0 Å². The average molecular weight is 499 g/mol. The van der Waals surface area contributed by atoms with Gasteiger partial charge in [-0.1, -0.05) is 85.8 Å². The van der Waals surface area contributed by atoms with Crippen molar-refractivity contribution in [1.29, 1.82) is 0 Å². The van der Waals surface area contributed by atoms with Crippen molar-refractivity contribution in [2.45, 2.75) is 38.4 Å². The molecule has 0 radical (unpaired) electrons. The molecule has 1 heterocycles. The summed E-state index contributed by atoms with van der Waals surface area (Å²) in [4.78, 5) is 31.1. The zero-order chi connectivity index (χ0) is 26.2. The van der Waals surface area contributed by atoms with Crippen LogP contribution in [0.2, 0.25) is 0 Å². The molecule has 0 fully saturated rings. The third kappa shape index (κ3) is 6.64. The van der Waals surface area contributed by atoms with Crippen molar-refractivity contribution in [1.82, 2.24) is 20.3 Å². The molecule has 37 heavy (non-hydrogen) atoms. The quantitative estimate of drug-likeness (QED) is 0.254. The molecule has 4 rings (SSSR count). The van der Waals surface area contributed by atoms with Gasteiger partial charge in [0.1, 0.15) is 12.1 Å². The van der Waals surface area contributed by atoms with E-state index in [0.717, 1.165) is 27.6 Å². The first-order chi connectivity index (χ1) is 18.0. The summed E-state index contributed by atoms with van der Waals surface area (Å²) in [7, 11) is 1.79. The predicted molar refractivity (Wildman–Crippen MR) is 146 cm³/mol. The number of amides is 1. The van der Waals surface area contributed by atoms with E-state index in [4.69, 9.17) is 0 Å². The molecular weight excluding hydrogens is 464 g/mol. The molecular formula is C30H34N4O3. The van der Waals surface area contributed by atoms with Crippen LogP contribution < -0.4 is 5.43 Å². The molecule has 1 unspecified atom stereocenters. The van der Waals surface area contributed by atoms with Gasteiger partial charge in [-0.15, -0.1) is 0 Å². The Balaban J connectivity index is 1.57. The van der Waals surface area contributed by atoms with Gasteiger partial charge in [-0.05, 0) is 29.2 Å². The van der Waals surface area contributed by atoms with E-state index in [1.807, 2.05) is 98.0 Å². The molecule has 4 aromatic rings. The molecule has 1 aromatic heterocycles. The highest BCUT2D eigenvalue weighted by molar-refractivity contribution is 5.84. The van der Waals surface area contributed by atoms with Gasteiger partial charge in [0.2, 0.25) is 5.91 Å². The first-order valence-corrected chi connectivity index (χ1v) is 12.6. The van der Waals surface area contributed by atoms with Crippen LogP contribution in [0.1, 0.15) is 23.6 Å². The summed E-state index contributed by atoms with van der Waals surface area (Å²) in [5.74, 6) is -1.04. The van der Waals surface area contributed by atoms with Crippen molar-refractivity contribution < 1.29 is 14.7 Å². The van der Waals surface area contributed by atoms with Gasteiger partial charge in [0.25, 0.3) is 0 Å². The third-order valence-corrected chi connectivity index (χ3v) is 6.63. The Morgan fingerprint density at radius 2 is 1.51 bits per heavy atom. The third-order valence-electron chi connectivity index (χ3n) is 6.63. The Bertz CT molecular complexity index is 1310. The van der Waals surface area contributed by atoms with E-state index in [-0.39, 0.29) is 12.3 Å². The highest BCUT2D eigenvalue weighted by Gasteiger charge is 2.31. The minimum Gasteiger partial charge on any atom is -0.480 e. The molecule has 0 spiro atoms. The molecule has 2 atom stereocenters. The Kier molecular flexibility index (Phi) is 8.72. The highest BCUT2D eigenvalue weighted by Crippen LogP contribution is 2.20. The average Bonchev–Trinajstić information content (AvgIpc) is 3.33. The van der Waals surface area contributed by atoms with Gasteiger partial charge < -0.3 is 15.0 Å². The number of likely N-dealkylation sites (N-methyl/N-ethyl adjacent to an activating group) is 2. The normalized spacial score (nSPS) is 12.9. The number of rotatable bonds is 12. The van der Waals surface area contributed by atoms with E-state index in [1.165, 1.54) is 0 Å². The number of fused-ring (bicyclic) bond motifs is 1. The molecule has 0 aliphatic rings. The minimum atomic E-state index is -0.965. The fourth-order valence-electron chi connectivity index (χ4n) is 4.67. The van der Waals surface area contributed by atoms with Crippen LogP contribution in [0.3, 0.4) is 0 Å². The number of H-pyrrole nitrogens is 1. The number of carboxylic acids is 1. The van der Waals surface area contributed by atoms with E-state index in [0.29, 0.717) is 19.5 Å². The summed E-state index contributed by atoms with van der Waals surface area (Å²) in [5, 5.41) is 12.9. The number of hydrogen-bond donors (Lipinski definition) is 3. The minimum absolute atomic E-state index is 0.0710. The van der Waals surface area contributed by atoms with E-state index in [2.05, 4.69) is 10.4 Å². The molecule has 0 saturated heterocycles. The SMILES string of the molecule is CCN(N[C@H](Cc1c[nH]c2ccccc12)C(=O)O)C(Cc1ccccc1)C(=O)N(C)Cc1ccccc1. The first kappa shape index (κ1) is 26.1. The molecule has 0 aliphatic carbocycles. The van der Waals surface area contributed by atoms with Gasteiger partial charge in [0, 0.05) is 43.7 Å². The van der Waals surface area contributed by atoms with Crippen LogP contribution in [0.25, 0.3) is 10.9 Å². The molecule has 7 heteroatoms. The van der Waals surface area contributed by atoms with Gasteiger partial charge in [-0.3, -0.25) is 9.59 Å². The van der Waals surface area contributed by atoms with Gasteiger partial charge in [-0.2, -0.15) is 0 Å². The molecule has 1 amide bonds. The number of aromatic nitrogens is 1. The van der Waals surface area contributed by atoms with Crippen LogP contribution in [0, 0.1) is 0 Å². The Labute approximate surface area is 217 Å². The molecule has 3 aromatic carbocycles. The fraction of sp³-hybridized carbons (Fsp3) is 0.267. The maximum atomic E-state index is 13.8. The van der Waals surface area contributed by atoms with Gasteiger partial charge in [0.05, 0.1) is 0 Å². The summed E-state index contributed by atoms with van der Waals surface area (Å²) in [6.45, 7) is 2.86. The summed E-state index contributed by atoms with van der Waals surface area (Å²) >= 11 is 0. The molecule has 0 aliphatic heterocycles. The Morgan fingerprint density at radius 1 is 0.892 bits per heavy atom. The summed E-state index contributed by atoms with van der Waals surface area (Å²) < 4.78 is 0. The zero-order valence-electron chi connectivity index (χ0n) is 21.3. The number of aromatic amines is 1. The van der Waals surface area contributed by atoms with E-state index in [9.17, 15) is 14.7 Å². The fourth-order valence-corrected chi connectivity index (χ4v) is 4.67. The molecule has 3 N–H and O–H groups in total. The number of para-hydroxylation sites is 1. The molecule has 7 nitrogen and oxygen atoms in total. The van der Waals surface area contributed by atoms with Crippen molar-refractivity contribution in [3.8, 4) is 0 Å². The van der Waals surface area contributed by atoms with Crippen LogP contribution in [0.5, 0.6) is 0 Å². The maximum absolute atomic E-state index is 13.8. The van der Waals surface area contributed by atoms with Crippen molar-refractivity contribution in [3.05, 3.63) is 108 Å². The number of nitrogens with zero attached hydrogens (tertiary/aromatic N) is 2. The highest BCUT2D eigenvalue weighted by atomic mass is 16.4. The molecule has 0 bridgehead atoms. The number of hydrogen-bond acceptors (Lipinski definition) is 4. The number of carbonyl (C=O) groups excluding carboxylic acids is 1. The van der Waals surface area contributed by atoms with Crippen molar-refractivity contribution in [3.63, 3.8) is 0 Å². The second-order valence-electron chi connectivity index (χ2n) is 9.25. The van der Waals surface area contributed by atoms with Gasteiger partial charge in [-0.25, -0.2) is 10.4 Å². The largest absolute Gasteiger partial charge is 0.480 e. The zero-order valence-corrected chi connectivity index (χ0v) is 21.3. The number of carbonyl (C=O) groups is 2. The van der Waals surface area contributed by atoms with E-state index < -0.39 is 18.1 Å². The van der Waals surface area contributed by atoms with Gasteiger partial charge >= 0.3 is 5.97 Å². The summed E-state index contributed by atoms with van der Waals surface area (Å²) in [6.07, 6.45) is 2.60. The maximum Gasteiger partial charge on any atom is 0.322 e. The van der Waals surface area contributed by atoms with E-state index in [1.54, 1.807) is 17.0 Å². The lowest BCUT2D eigenvalue weighted by atomic mass is 10.0. The standard InChI is InChI=1S/C30H34N4O3/c1-3-34(32-27(30(36)37)19-24-20-31-26-17-11-10-16-25(24)26)28(18-22-12-6-4-7-13-22)29(35)33(2)21-23-14-8-5-9-15-23/h4-17,20,27-28,31-32H,3,18-19,21H2,1-2H3,(H,36,37)/t27-,28?/m1/s1. The van der Waals surface area contributed by atoms with Crippen LogP contribution in [0.15, 0.2) is 91.1 Å². The Morgan fingerprint density at radius 3 is 2.16 bits per heavy atom.